The number of hydrogen-bond acceptors (Lipinski definition) is 6. The SMILES string of the molecule is COC(=O)/C(=C(/[O-])OC)c1c[n+](C)ns1. The number of carbonyl (C=O) groups is 1. The molecule has 0 N–H and O–H groups in total. The van der Waals surface area contributed by atoms with Crippen LogP contribution < -0.4 is 9.79 Å². The molecule has 0 saturated carbocycles. The molecule has 0 aliphatic carbocycles. The average Bonchev–Trinajstić information content (AvgIpc) is 2.64. The van der Waals surface area contributed by atoms with Crippen molar-refractivity contribution in [3.8, 4) is 0 Å². The second-order valence-corrected chi connectivity index (χ2v) is 3.38. The van der Waals surface area contributed by atoms with E-state index in [0.29, 0.717) is 4.88 Å². The number of hydrogen-bond donors (Lipinski definition) is 0. The van der Waals surface area contributed by atoms with E-state index in [-0.39, 0.29) is 5.57 Å². The van der Waals surface area contributed by atoms with E-state index in [1.165, 1.54) is 18.9 Å². The molecule has 0 unspecified atom stereocenters. The van der Waals surface area contributed by atoms with E-state index >= 15 is 0 Å². The maximum absolute atomic E-state index is 11.3. The Labute approximate surface area is 90.5 Å². The summed E-state index contributed by atoms with van der Waals surface area (Å²) in [6.07, 6.45) is 1.55. The number of esters is 1. The molecular weight excluding hydrogens is 220 g/mol. The minimum Gasteiger partial charge on any atom is -0.616 e. The first-order valence-electron chi connectivity index (χ1n) is 3.96. The molecule has 0 radical (unpaired) electrons. The summed E-state index contributed by atoms with van der Waals surface area (Å²) < 4.78 is 14.4. The molecule has 1 aromatic heterocycles. The largest absolute Gasteiger partial charge is 0.616 e. The van der Waals surface area contributed by atoms with E-state index in [4.69, 9.17) is 0 Å². The highest BCUT2D eigenvalue weighted by Gasteiger charge is 2.20. The maximum atomic E-state index is 11.3. The minimum absolute atomic E-state index is 0.141. The van der Waals surface area contributed by atoms with Crippen LogP contribution in [0.25, 0.3) is 5.57 Å². The van der Waals surface area contributed by atoms with Gasteiger partial charge in [0.05, 0.1) is 17.5 Å². The second-order valence-electron chi connectivity index (χ2n) is 2.60. The first-order valence-corrected chi connectivity index (χ1v) is 4.74. The molecule has 0 bridgehead atoms. The van der Waals surface area contributed by atoms with Gasteiger partial charge in [-0.2, -0.15) is 0 Å². The molecular formula is C8H10N2O4S. The van der Waals surface area contributed by atoms with Gasteiger partial charge < -0.3 is 14.6 Å². The van der Waals surface area contributed by atoms with Crippen molar-refractivity contribution in [3.05, 3.63) is 17.0 Å². The van der Waals surface area contributed by atoms with Crippen molar-refractivity contribution >= 4 is 23.1 Å². The van der Waals surface area contributed by atoms with Crippen molar-refractivity contribution in [1.29, 1.82) is 0 Å². The molecule has 1 rings (SSSR count). The van der Waals surface area contributed by atoms with Crippen molar-refractivity contribution in [3.63, 3.8) is 0 Å². The Morgan fingerprint density at radius 2 is 2.20 bits per heavy atom. The Hall–Kier alpha value is -1.63. The zero-order chi connectivity index (χ0) is 11.4. The third-order valence-corrected chi connectivity index (χ3v) is 2.44. The number of methoxy groups -OCH3 is 2. The van der Waals surface area contributed by atoms with E-state index in [1.54, 1.807) is 13.2 Å². The summed E-state index contributed by atoms with van der Waals surface area (Å²) in [6.45, 7) is 0. The predicted octanol–water partition coefficient (Wildman–Crippen LogP) is -1.18. The Kier molecular flexibility index (Phi) is 3.62. The van der Waals surface area contributed by atoms with Gasteiger partial charge in [-0.1, -0.05) is 4.68 Å². The summed E-state index contributed by atoms with van der Waals surface area (Å²) >= 11 is 1.02. The molecule has 1 heterocycles. The number of ether oxygens (including phenoxy) is 2. The quantitative estimate of drug-likeness (QED) is 0.283. The average molecular weight is 230 g/mol. The fraction of sp³-hybridized carbons (Fsp3) is 0.375. The van der Waals surface area contributed by atoms with Gasteiger partial charge in [-0.25, -0.2) is 4.79 Å². The molecule has 1 aromatic rings. The lowest BCUT2D eigenvalue weighted by molar-refractivity contribution is -0.722. The summed E-state index contributed by atoms with van der Waals surface area (Å²) in [7, 11) is 4.09. The van der Waals surface area contributed by atoms with Crippen LogP contribution >= 0.6 is 11.5 Å². The van der Waals surface area contributed by atoms with Gasteiger partial charge >= 0.3 is 5.97 Å². The van der Waals surface area contributed by atoms with E-state index in [0.717, 1.165) is 11.5 Å². The van der Waals surface area contributed by atoms with Gasteiger partial charge in [-0.3, -0.25) is 0 Å². The highest BCUT2D eigenvalue weighted by molar-refractivity contribution is 7.07. The molecule has 0 aromatic carbocycles. The van der Waals surface area contributed by atoms with E-state index < -0.39 is 11.9 Å². The van der Waals surface area contributed by atoms with Crippen LogP contribution in [0.2, 0.25) is 0 Å². The van der Waals surface area contributed by atoms with Crippen molar-refractivity contribution in [2.75, 3.05) is 14.2 Å². The van der Waals surface area contributed by atoms with Crippen LogP contribution in [0.5, 0.6) is 0 Å². The highest BCUT2D eigenvalue weighted by Crippen LogP contribution is 2.19. The topological polar surface area (TPSA) is 75.4 Å². The third-order valence-electron chi connectivity index (χ3n) is 1.60. The highest BCUT2D eigenvalue weighted by atomic mass is 32.1. The normalized spacial score (nSPS) is 11.9. The first-order chi connectivity index (χ1) is 7.10. The van der Waals surface area contributed by atoms with Gasteiger partial charge in [0.15, 0.2) is 7.05 Å². The van der Waals surface area contributed by atoms with Gasteiger partial charge in [-0.15, -0.1) is 0 Å². The van der Waals surface area contributed by atoms with Crippen LogP contribution in [0.3, 0.4) is 0 Å². The van der Waals surface area contributed by atoms with Crippen LogP contribution in [0.1, 0.15) is 4.88 Å². The Bertz CT molecular complexity index is 399. The number of nitrogens with zero attached hydrogens (tertiary/aromatic N) is 2. The fourth-order valence-corrected chi connectivity index (χ4v) is 1.65. The Morgan fingerprint density at radius 1 is 1.53 bits per heavy atom. The molecule has 0 saturated heterocycles. The summed E-state index contributed by atoms with van der Waals surface area (Å²) in [4.78, 5) is 11.7. The van der Waals surface area contributed by atoms with Crippen LogP contribution in [-0.4, -0.2) is 24.7 Å². The smallest absolute Gasteiger partial charge is 0.341 e. The molecule has 0 spiro atoms. The summed E-state index contributed by atoms with van der Waals surface area (Å²) in [5.41, 5.74) is -0.141. The van der Waals surface area contributed by atoms with E-state index in [2.05, 4.69) is 14.0 Å². The van der Waals surface area contributed by atoms with Gasteiger partial charge in [0.25, 0.3) is 0 Å². The molecule has 0 amide bonds. The van der Waals surface area contributed by atoms with E-state index in [9.17, 15) is 9.90 Å². The van der Waals surface area contributed by atoms with Gasteiger partial charge in [0.2, 0.25) is 6.20 Å². The maximum Gasteiger partial charge on any atom is 0.341 e. The molecule has 15 heavy (non-hydrogen) atoms. The molecule has 82 valence electrons. The van der Waals surface area contributed by atoms with Crippen molar-refractivity contribution in [1.82, 2.24) is 4.49 Å². The number of aryl methyl sites for hydroxylation is 1. The lowest BCUT2D eigenvalue weighted by Crippen LogP contribution is -2.28. The first kappa shape index (κ1) is 11.4. The molecule has 0 aliphatic rings. The Morgan fingerprint density at radius 3 is 2.60 bits per heavy atom. The van der Waals surface area contributed by atoms with Gasteiger partial charge in [-0.05, 0) is 7.11 Å². The summed E-state index contributed by atoms with van der Waals surface area (Å²) in [6, 6.07) is 0. The van der Waals surface area contributed by atoms with Gasteiger partial charge in [0.1, 0.15) is 10.5 Å². The predicted molar refractivity (Wildman–Crippen MR) is 49.2 cm³/mol. The van der Waals surface area contributed by atoms with Crippen molar-refractivity contribution < 1.29 is 24.1 Å². The number of aromatic nitrogens is 2. The lowest BCUT2D eigenvalue weighted by atomic mass is 10.2. The van der Waals surface area contributed by atoms with Crippen molar-refractivity contribution in [2.24, 2.45) is 7.05 Å². The Balaban J connectivity index is 3.19. The zero-order valence-electron chi connectivity index (χ0n) is 8.51. The summed E-state index contributed by atoms with van der Waals surface area (Å²) in [5, 5.41) is 11.3. The standard InChI is InChI=1S/C8H10N2O4S/c1-10-4-5(15-9-10)6(7(11)13-2)8(12)14-3/h4H,1-3H3. The van der Waals surface area contributed by atoms with Crippen molar-refractivity contribution in [2.45, 2.75) is 0 Å². The third kappa shape index (κ3) is 2.44. The fourth-order valence-electron chi connectivity index (χ4n) is 0.924. The molecule has 0 atom stereocenters. The van der Waals surface area contributed by atoms with Crippen LogP contribution in [0.15, 0.2) is 12.1 Å². The zero-order valence-corrected chi connectivity index (χ0v) is 9.33. The lowest BCUT2D eigenvalue weighted by Gasteiger charge is -2.12. The second kappa shape index (κ2) is 4.74. The number of carbonyl (C=O) groups excluding carboxylic acids is 1. The van der Waals surface area contributed by atoms with E-state index in [1.807, 2.05) is 0 Å². The van der Waals surface area contributed by atoms with Crippen LogP contribution in [0, 0.1) is 0 Å². The molecule has 6 nitrogen and oxygen atoms in total. The van der Waals surface area contributed by atoms with Crippen LogP contribution in [0.4, 0.5) is 0 Å². The minimum atomic E-state index is -0.730. The molecule has 7 heteroatoms. The van der Waals surface area contributed by atoms with Gasteiger partial charge in [0, 0.05) is 11.5 Å². The monoisotopic (exact) mass is 230 g/mol. The summed E-state index contributed by atoms with van der Waals surface area (Å²) in [5.74, 6) is -1.46. The molecule has 0 aliphatic heterocycles. The molecule has 0 fully saturated rings. The van der Waals surface area contributed by atoms with Crippen LogP contribution in [-0.2, 0) is 21.3 Å². The number of rotatable bonds is 3.